The normalized spacial score (nSPS) is 33.8. The molecule has 6 rings (SSSR count). The van der Waals surface area contributed by atoms with Gasteiger partial charge in [0.1, 0.15) is 11.1 Å². The van der Waals surface area contributed by atoms with E-state index in [9.17, 15) is 4.79 Å². The second kappa shape index (κ2) is 4.95. The highest BCUT2D eigenvalue weighted by Crippen LogP contribution is 2.55. The first-order valence-electron chi connectivity index (χ1n) is 9.00. The first kappa shape index (κ1) is 14.3. The lowest BCUT2D eigenvalue weighted by atomic mass is 9.53. The average Bonchev–Trinajstić information content (AvgIpc) is 2.52. The maximum Gasteiger partial charge on any atom is 0.257 e. The molecule has 0 aliphatic heterocycles. The van der Waals surface area contributed by atoms with Crippen molar-refractivity contribution >= 4 is 16.9 Å². The van der Waals surface area contributed by atoms with Crippen molar-refractivity contribution in [3.05, 3.63) is 41.4 Å². The van der Waals surface area contributed by atoms with Gasteiger partial charge in [0.2, 0.25) is 5.55 Å². The van der Waals surface area contributed by atoms with Crippen LogP contribution in [0.5, 0.6) is 0 Å². The van der Waals surface area contributed by atoms with Crippen molar-refractivity contribution in [2.24, 2.45) is 17.8 Å². The molecule has 4 aliphatic rings. The molecule has 0 spiro atoms. The summed E-state index contributed by atoms with van der Waals surface area (Å²) in [5, 5.41) is 12.3. The van der Waals surface area contributed by atoms with Gasteiger partial charge in [-0.2, -0.15) is 0 Å². The fourth-order valence-corrected chi connectivity index (χ4v) is 5.82. The Hall–Kier alpha value is -2.10. The zero-order valence-electron chi connectivity index (χ0n) is 13.7. The van der Waals surface area contributed by atoms with Gasteiger partial charge in [-0.3, -0.25) is 10.2 Å². The Morgan fingerprint density at radius 2 is 1.71 bits per heavy atom. The highest BCUT2D eigenvalue weighted by atomic mass is 16.3. The average molecular weight is 322 g/mol. The number of hydrogen-bond acceptors (Lipinski definition) is 3. The Bertz CT molecular complexity index is 847. The molecule has 0 unspecified atom stereocenters. The van der Waals surface area contributed by atoms with Crippen LogP contribution in [0.15, 0.2) is 34.7 Å². The Balaban J connectivity index is 1.47. The van der Waals surface area contributed by atoms with Crippen LogP contribution in [0.4, 0.5) is 0 Å². The molecule has 0 saturated heterocycles. The number of fused-ring (bicyclic) bond motifs is 1. The van der Waals surface area contributed by atoms with Crippen LogP contribution in [0.2, 0.25) is 0 Å². The molecule has 1 aromatic carbocycles. The Labute approximate surface area is 140 Å². The van der Waals surface area contributed by atoms with E-state index in [2.05, 4.69) is 5.32 Å². The Morgan fingerprint density at radius 1 is 1.08 bits per heavy atom. The molecular weight excluding hydrogens is 300 g/mol. The minimum Gasteiger partial charge on any atom is -0.438 e. The molecule has 2 aromatic rings. The molecule has 0 radical (unpaired) electrons. The van der Waals surface area contributed by atoms with Gasteiger partial charge in [-0.1, -0.05) is 18.2 Å². The molecule has 24 heavy (non-hydrogen) atoms. The van der Waals surface area contributed by atoms with E-state index < -0.39 is 0 Å². The van der Waals surface area contributed by atoms with Crippen molar-refractivity contribution in [3.8, 4) is 0 Å². The van der Waals surface area contributed by atoms with E-state index in [0.29, 0.717) is 11.1 Å². The molecule has 4 aliphatic carbocycles. The molecular formula is C20H22N2O2. The topological polar surface area (TPSA) is 66.1 Å². The van der Waals surface area contributed by atoms with E-state index in [1.54, 1.807) is 6.07 Å². The van der Waals surface area contributed by atoms with Crippen molar-refractivity contribution in [2.45, 2.75) is 44.1 Å². The summed E-state index contributed by atoms with van der Waals surface area (Å²) in [6.07, 6.45) is 7.40. The van der Waals surface area contributed by atoms with Gasteiger partial charge in [-0.05, 0) is 68.4 Å². The monoisotopic (exact) mass is 322 g/mol. The van der Waals surface area contributed by atoms with Crippen molar-refractivity contribution in [3.63, 3.8) is 0 Å². The first-order chi connectivity index (χ1) is 11.6. The predicted molar refractivity (Wildman–Crippen MR) is 90.4 cm³/mol. The summed E-state index contributed by atoms with van der Waals surface area (Å²) in [4.78, 5) is 12.9. The van der Waals surface area contributed by atoms with Crippen LogP contribution in [0.3, 0.4) is 0 Å². The Morgan fingerprint density at radius 3 is 2.38 bits per heavy atom. The summed E-state index contributed by atoms with van der Waals surface area (Å²) < 4.78 is 5.54. The third-order valence-corrected chi connectivity index (χ3v) is 6.34. The lowest BCUT2D eigenvalue weighted by molar-refractivity contribution is -0.0167. The largest absolute Gasteiger partial charge is 0.438 e. The number of carbonyl (C=O) groups is 1. The van der Waals surface area contributed by atoms with Gasteiger partial charge in [-0.15, -0.1) is 0 Å². The molecule has 1 heterocycles. The summed E-state index contributed by atoms with van der Waals surface area (Å²) in [6.45, 7) is 0. The quantitative estimate of drug-likeness (QED) is 0.887. The molecule has 0 atom stereocenters. The molecule has 1 aromatic heterocycles. The van der Waals surface area contributed by atoms with Crippen LogP contribution in [-0.4, -0.2) is 11.4 Å². The number of para-hydroxylation sites is 1. The third-order valence-electron chi connectivity index (χ3n) is 6.34. The summed E-state index contributed by atoms with van der Waals surface area (Å²) in [5.41, 5.74) is 0.915. The van der Waals surface area contributed by atoms with Gasteiger partial charge in [0.05, 0.1) is 0 Å². The number of amides is 1. The van der Waals surface area contributed by atoms with Gasteiger partial charge in [0, 0.05) is 10.9 Å². The second-order valence-corrected chi connectivity index (χ2v) is 8.18. The summed E-state index contributed by atoms with van der Waals surface area (Å²) in [7, 11) is 0. The molecule has 4 nitrogen and oxygen atoms in total. The second-order valence-electron chi connectivity index (χ2n) is 8.18. The molecule has 4 bridgehead atoms. The standard InChI is InChI=1S/C20H22N2O2/c21-18-16(8-15-3-1-2-4-17(15)24-18)19(23)22-20-9-12-5-13(10-20)7-14(6-12)11-20/h1-4,8,12-14,21H,5-7,9-11H2,(H,22,23). The lowest BCUT2D eigenvalue weighted by Crippen LogP contribution is -2.60. The van der Waals surface area contributed by atoms with Crippen molar-refractivity contribution < 1.29 is 9.21 Å². The zero-order chi connectivity index (χ0) is 16.3. The minimum absolute atomic E-state index is 0.0378. The number of rotatable bonds is 2. The highest BCUT2D eigenvalue weighted by molar-refractivity contribution is 5.96. The number of carbonyl (C=O) groups excluding carboxylic acids is 1. The van der Waals surface area contributed by atoms with Crippen molar-refractivity contribution in [1.82, 2.24) is 5.32 Å². The Kier molecular flexibility index (Phi) is 2.94. The maximum absolute atomic E-state index is 12.9. The van der Waals surface area contributed by atoms with Crippen LogP contribution in [-0.2, 0) is 0 Å². The van der Waals surface area contributed by atoms with Gasteiger partial charge < -0.3 is 9.73 Å². The van der Waals surface area contributed by atoms with Crippen LogP contribution in [0.1, 0.15) is 48.9 Å². The summed E-state index contributed by atoms with van der Waals surface area (Å²) >= 11 is 0. The van der Waals surface area contributed by atoms with E-state index in [1.807, 2.05) is 24.3 Å². The van der Waals surface area contributed by atoms with E-state index in [-0.39, 0.29) is 17.0 Å². The SMILES string of the molecule is N=c1oc2ccccc2cc1C(=O)NC12CC3CC(CC(C3)C1)C2. The highest BCUT2D eigenvalue weighted by Gasteiger charge is 2.51. The molecule has 4 fully saturated rings. The van der Waals surface area contributed by atoms with Gasteiger partial charge in [0.25, 0.3) is 5.91 Å². The van der Waals surface area contributed by atoms with Gasteiger partial charge in [-0.25, -0.2) is 0 Å². The zero-order valence-corrected chi connectivity index (χ0v) is 13.7. The van der Waals surface area contributed by atoms with Crippen LogP contribution >= 0.6 is 0 Å². The van der Waals surface area contributed by atoms with Gasteiger partial charge >= 0.3 is 0 Å². The predicted octanol–water partition coefficient (Wildman–Crippen LogP) is 3.61. The van der Waals surface area contributed by atoms with E-state index in [4.69, 9.17) is 9.83 Å². The number of benzene rings is 1. The van der Waals surface area contributed by atoms with Crippen LogP contribution in [0, 0.1) is 23.2 Å². The minimum atomic E-state index is -0.142. The van der Waals surface area contributed by atoms with Gasteiger partial charge in [0.15, 0.2) is 0 Å². The smallest absolute Gasteiger partial charge is 0.257 e. The third kappa shape index (κ3) is 2.20. The molecule has 4 heteroatoms. The lowest BCUT2D eigenvalue weighted by Gasteiger charge is -2.56. The summed E-state index contributed by atoms with van der Waals surface area (Å²) in [6, 6.07) is 9.33. The first-order valence-corrected chi connectivity index (χ1v) is 9.00. The molecule has 1 amide bonds. The fraction of sp³-hybridized carbons (Fsp3) is 0.500. The van der Waals surface area contributed by atoms with Crippen molar-refractivity contribution in [2.75, 3.05) is 0 Å². The fourth-order valence-electron chi connectivity index (χ4n) is 5.82. The number of nitrogens with one attached hydrogen (secondary N) is 2. The molecule has 124 valence electrons. The number of hydrogen-bond donors (Lipinski definition) is 2. The van der Waals surface area contributed by atoms with Crippen molar-refractivity contribution in [1.29, 1.82) is 5.41 Å². The maximum atomic E-state index is 12.9. The van der Waals surface area contributed by atoms with E-state index in [0.717, 1.165) is 42.4 Å². The summed E-state index contributed by atoms with van der Waals surface area (Å²) in [5.74, 6) is 2.21. The molecule has 4 saturated carbocycles. The molecule has 2 N–H and O–H groups in total. The van der Waals surface area contributed by atoms with Crippen LogP contribution in [0.25, 0.3) is 11.0 Å². The van der Waals surface area contributed by atoms with Crippen LogP contribution < -0.4 is 10.9 Å². The van der Waals surface area contributed by atoms with E-state index >= 15 is 0 Å². The van der Waals surface area contributed by atoms with E-state index in [1.165, 1.54) is 19.3 Å².